The summed E-state index contributed by atoms with van der Waals surface area (Å²) in [5.74, 6) is 1.35. The van der Waals surface area contributed by atoms with Gasteiger partial charge in [-0.3, -0.25) is 4.79 Å². The molecule has 118 valence electrons. The summed E-state index contributed by atoms with van der Waals surface area (Å²) in [6, 6.07) is 5.59. The van der Waals surface area contributed by atoms with Gasteiger partial charge in [-0.1, -0.05) is 18.6 Å². The number of nitrogens with zero attached hydrogens (tertiary/aromatic N) is 3. The van der Waals surface area contributed by atoms with E-state index in [1.807, 2.05) is 32.0 Å². The Labute approximate surface area is 130 Å². The van der Waals surface area contributed by atoms with Crippen molar-refractivity contribution in [2.45, 2.75) is 33.6 Å². The number of carbonyl (C=O) groups is 1. The standard InChI is InChI=1S/C16H21N3O3/c1-4-7-14-13(11-20)17-18-19(14)12-8-9-15(21-5-2)16(10-12)22-6-3/h8-11H,4-7H2,1-3H3. The molecule has 0 saturated carbocycles. The smallest absolute Gasteiger partial charge is 0.172 e. The average molecular weight is 303 g/mol. The first-order valence-electron chi connectivity index (χ1n) is 7.54. The Kier molecular flexibility index (Phi) is 5.52. The van der Waals surface area contributed by atoms with Gasteiger partial charge in [0.2, 0.25) is 0 Å². The van der Waals surface area contributed by atoms with E-state index in [4.69, 9.17) is 9.47 Å². The van der Waals surface area contributed by atoms with Crippen molar-refractivity contribution in [2.24, 2.45) is 0 Å². The second-order valence-electron chi connectivity index (χ2n) is 4.70. The molecule has 0 fully saturated rings. The van der Waals surface area contributed by atoms with Crippen LogP contribution in [-0.2, 0) is 6.42 Å². The van der Waals surface area contributed by atoms with E-state index in [0.717, 1.165) is 30.5 Å². The third kappa shape index (κ3) is 3.27. The Hall–Kier alpha value is -2.37. The first kappa shape index (κ1) is 16.0. The van der Waals surface area contributed by atoms with Gasteiger partial charge in [-0.05, 0) is 32.4 Å². The molecule has 0 spiro atoms. The van der Waals surface area contributed by atoms with Gasteiger partial charge in [0.25, 0.3) is 0 Å². The molecular weight excluding hydrogens is 282 g/mol. The molecule has 0 aliphatic rings. The highest BCUT2D eigenvalue weighted by Gasteiger charge is 2.15. The molecule has 6 heteroatoms. The number of carbonyl (C=O) groups excluding carboxylic acids is 1. The summed E-state index contributed by atoms with van der Waals surface area (Å²) in [4.78, 5) is 11.1. The summed E-state index contributed by atoms with van der Waals surface area (Å²) in [5.41, 5.74) is 1.99. The van der Waals surface area contributed by atoms with Crippen molar-refractivity contribution >= 4 is 6.29 Å². The van der Waals surface area contributed by atoms with Crippen LogP contribution in [0.15, 0.2) is 18.2 Å². The maximum atomic E-state index is 11.1. The van der Waals surface area contributed by atoms with Crippen molar-refractivity contribution in [1.29, 1.82) is 0 Å². The minimum absolute atomic E-state index is 0.383. The fourth-order valence-electron chi connectivity index (χ4n) is 2.25. The van der Waals surface area contributed by atoms with Crippen LogP contribution in [0.4, 0.5) is 0 Å². The van der Waals surface area contributed by atoms with Gasteiger partial charge in [0.05, 0.1) is 24.6 Å². The molecule has 2 rings (SSSR count). The predicted molar refractivity (Wildman–Crippen MR) is 83.1 cm³/mol. The number of aromatic nitrogens is 3. The van der Waals surface area contributed by atoms with Gasteiger partial charge in [0, 0.05) is 6.07 Å². The molecule has 0 amide bonds. The number of aldehydes is 1. The minimum atomic E-state index is 0.383. The fourth-order valence-corrected chi connectivity index (χ4v) is 2.25. The second-order valence-corrected chi connectivity index (χ2v) is 4.70. The third-order valence-electron chi connectivity index (χ3n) is 3.16. The summed E-state index contributed by atoms with van der Waals surface area (Å²) >= 11 is 0. The number of benzene rings is 1. The van der Waals surface area contributed by atoms with Gasteiger partial charge in [-0.25, -0.2) is 4.68 Å². The van der Waals surface area contributed by atoms with Crippen LogP contribution in [-0.4, -0.2) is 34.5 Å². The van der Waals surface area contributed by atoms with Crippen molar-refractivity contribution in [3.05, 3.63) is 29.6 Å². The van der Waals surface area contributed by atoms with Gasteiger partial charge in [-0.2, -0.15) is 0 Å². The molecule has 0 aliphatic heterocycles. The van der Waals surface area contributed by atoms with Crippen LogP contribution in [0.1, 0.15) is 43.4 Å². The number of hydrogen-bond acceptors (Lipinski definition) is 5. The van der Waals surface area contributed by atoms with Gasteiger partial charge in [0.1, 0.15) is 5.69 Å². The zero-order chi connectivity index (χ0) is 15.9. The third-order valence-corrected chi connectivity index (χ3v) is 3.16. The largest absolute Gasteiger partial charge is 0.490 e. The molecule has 1 aromatic carbocycles. The van der Waals surface area contributed by atoms with E-state index in [9.17, 15) is 4.79 Å². The van der Waals surface area contributed by atoms with Gasteiger partial charge in [-0.15, -0.1) is 5.10 Å². The molecule has 0 saturated heterocycles. The Morgan fingerprint density at radius 2 is 1.86 bits per heavy atom. The molecule has 0 aliphatic carbocycles. The summed E-state index contributed by atoms with van der Waals surface area (Å²) in [6.45, 7) is 7.01. The first-order chi connectivity index (χ1) is 10.7. The summed E-state index contributed by atoms with van der Waals surface area (Å²) in [7, 11) is 0. The molecule has 6 nitrogen and oxygen atoms in total. The van der Waals surface area contributed by atoms with E-state index in [2.05, 4.69) is 17.2 Å². The van der Waals surface area contributed by atoms with Crippen LogP contribution >= 0.6 is 0 Å². The summed E-state index contributed by atoms with van der Waals surface area (Å²) < 4.78 is 12.9. The number of ether oxygens (including phenoxy) is 2. The lowest BCUT2D eigenvalue weighted by atomic mass is 10.2. The van der Waals surface area contributed by atoms with Crippen LogP contribution in [0.3, 0.4) is 0 Å². The first-order valence-corrected chi connectivity index (χ1v) is 7.54. The molecule has 22 heavy (non-hydrogen) atoms. The zero-order valence-electron chi connectivity index (χ0n) is 13.2. The quantitative estimate of drug-likeness (QED) is 0.702. The van der Waals surface area contributed by atoms with Crippen LogP contribution < -0.4 is 9.47 Å². The molecule has 1 aromatic heterocycles. The van der Waals surface area contributed by atoms with E-state index in [-0.39, 0.29) is 0 Å². The Balaban J connectivity index is 2.46. The van der Waals surface area contributed by atoms with Gasteiger partial charge in [0.15, 0.2) is 17.8 Å². The Morgan fingerprint density at radius 1 is 1.14 bits per heavy atom. The zero-order valence-corrected chi connectivity index (χ0v) is 13.2. The lowest BCUT2D eigenvalue weighted by Crippen LogP contribution is -2.05. The molecule has 0 unspecified atom stereocenters. The van der Waals surface area contributed by atoms with E-state index >= 15 is 0 Å². The Bertz CT molecular complexity index is 638. The minimum Gasteiger partial charge on any atom is -0.490 e. The molecule has 1 heterocycles. The van der Waals surface area contributed by atoms with Gasteiger partial charge < -0.3 is 9.47 Å². The summed E-state index contributed by atoms with van der Waals surface area (Å²) in [6.07, 6.45) is 2.38. The maximum absolute atomic E-state index is 11.1. The fraction of sp³-hybridized carbons (Fsp3) is 0.438. The lowest BCUT2D eigenvalue weighted by molar-refractivity contribution is 0.111. The van der Waals surface area contributed by atoms with Gasteiger partial charge >= 0.3 is 0 Å². The molecule has 2 aromatic rings. The van der Waals surface area contributed by atoms with Crippen molar-refractivity contribution in [1.82, 2.24) is 15.0 Å². The van der Waals surface area contributed by atoms with Crippen molar-refractivity contribution < 1.29 is 14.3 Å². The summed E-state index contributed by atoms with van der Waals surface area (Å²) in [5, 5.41) is 8.03. The van der Waals surface area contributed by atoms with E-state index in [1.165, 1.54) is 0 Å². The molecule has 0 radical (unpaired) electrons. The maximum Gasteiger partial charge on any atom is 0.172 e. The molecular formula is C16H21N3O3. The highest BCUT2D eigenvalue weighted by molar-refractivity contribution is 5.73. The highest BCUT2D eigenvalue weighted by Crippen LogP contribution is 2.30. The monoisotopic (exact) mass is 303 g/mol. The topological polar surface area (TPSA) is 66.2 Å². The molecule has 0 N–H and O–H groups in total. The number of hydrogen-bond donors (Lipinski definition) is 0. The second kappa shape index (κ2) is 7.59. The Morgan fingerprint density at radius 3 is 2.50 bits per heavy atom. The van der Waals surface area contributed by atoms with E-state index in [0.29, 0.717) is 30.4 Å². The van der Waals surface area contributed by atoms with Crippen LogP contribution in [0, 0.1) is 0 Å². The lowest BCUT2D eigenvalue weighted by Gasteiger charge is -2.13. The van der Waals surface area contributed by atoms with Crippen LogP contribution in [0.25, 0.3) is 5.69 Å². The van der Waals surface area contributed by atoms with E-state index < -0.39 is 0 Å². The molecule has 0 atom stereocenters. The van der Waals surface area contributed by atoms with Crippen molar-refractivity contribution in [2.75, 3.05) is 13.2 Å². The van der Waals surface area contributed by atoms with Crippen molar-refractivity contribution in [3.8, 4) is 17.2 Å². The van der Waals surface area contributed by atoms with Crippen LogP contribution in [0.2, 0.25) is 0 Å². The SMILES string of the molecule is CCCc1c(C=O)nnn1-c1ccc(OCC)c(OCC)c1. The van der Waals surface area contributed by atoms with Crippen LogP contribution in [0.5, 0.6) is 11.5 Å². The normalized spacial score (nSPS) is 10.5. The molecule has 0 bridgehead atoms. The predicted octanol–water partition coefficient (Wildman–Crippen LogP) is 2.83. The van der Waals surface area contributed by atoms with Crippen molar-refractivity contribution in [3.63, 3.8) is 0 Å². The van der Waals surface area contributed by atoms with E-state index in [1.54, 1.807) is 4.68 Å². The highest BCUT2D eigenvalue weighted by atomic mass is 16.5. The number of rotatable bonds is 8. The average Bonchev–Trinajstić information content (AvgIpc) is 2.93.